The molecule has 4 rings (SSSR count). The van der Waals surface area contributed by atoms with Crippen LogP contribution in [-0.2, 0) is 4.74 Å². The predicted molar refractivity (Wildman–Crippen MR) is 86.7 cm³/mol. The lowest BCUT2D eigenvalue weighted by molar-refractivity contribution is -0.0821. The average molecular weight is 343 g/mol. The van der Waals surface area contributed by atoms with Crippen molar-refractivity contribution in [1.82, 2.24) is 25.0 Å². The number of nitrogens with zero attached hydrogens (tertiary/aromatic N) is 5. The maximum Gasteiger partial charge on any atom is 0.274 e. The first-order valence-corrected chi connectivity index (χ1v) is 8.61. The molecule has 0 radical (unpaired) electrons. The second-order valence-corrected chi connectivity index (χ2v) is 6.84. The zero-order chi connectivity index (χ0) is 17.4. The van der Waals surface area contributed by atoms with Gasteiger partial charge >= 0.3 is 0 Å². The van der Waals surface area contributed by atoms with Gasteiger partial charge in [-0.3, -0.25) is 9.78 Å². The van der Waals surface area contributed by atoms with Gasteiger partial charge in [-0.1, -0.05) is 5.16 Å². The highest BCUT2D eigenvalue weighted by atomic mass is 16.5. The number of hydrogen-bond acceptors (Lipinski definition) is 7. The van der Waals surface area contributed by atoms with Crippen molar-refractivity contribution in [3.63, 3.8) is 0 Å². The number of rotatable bonds is 2. The van der Waals surface area contributed by atoms with Crippen LogP contribution in [0.5, 0.6) is 0 Å². The lowest BCUT2D eigenvalue weighted by atomic mass is 9.88. The zero-order valence-electron chi connectivity index (χ0n) is 14.4. The first kappa shape index (κ1) is 16.1. The van der Waals surface area contributed by atoms with E-state index < -0.39 is 0 Å². The largest absolute Gasteiger partial charge is 0.362 e. The van der Waals surface area contributed by atoms with Gasteiger partial charge in [0.25, 0.3) is 11.8 Å². The molecule has 2 saturated heterocycles. The molecule has 1 spiro atoms. The normalized spacial score (nSPS) is 22.5. The molecule has 2 fully saturated rings. The molecule has 8 heteroatoms. The standard InChI is InChI=1S/C17H21N5O3/c1-11-9-19-13(10-18-11)16(23)22-7-5-17(6-8-22)4-3-14(24-17)15-20-12(2)21-25-15/h9-10,14H,3-8H2,1-2H3/t14-/m0/s1. The molecule has 0 aliphatic carbocycles. The molecular formula is C17H21N5O3. The molecule has 1 atom stereocenters. The van der Waals surface area contributed by atoms with Gasteiger partial charge in [-0.15, -0.1) is 0 Å². The number of aromatic nitrogens is 4. The highest BCUT2D eigenvalue weighted by Crippen LogP contribution is 2.44. The van der Waals surface area contributed by atoms with E-state index in [1.165, 1.54) is 0 Å². The van der Waals surface area contributed by atoms with E-state index >= 15 is 0 Å². The van der Waals surface area contributed by atoms with Crippen molar-refractivity contribution in [1.29, 1.82) is 0 Å². The minimum atomic E-state index is -0.192. The number of ether oxygens (including phenoxy) is 1. The summed E-state index contributed by atoms with van der Waals surface area (Å²) in [5, 5.41) is 3.84. The number of aryl methyl sites for hydroxylation is 2. The number of piperidine rings is 1. The number of amides is 1. The summed E-state index contributed by atoms with van der Waals surface area (Å²) in [5.74, 6) is 1.12. The Hall–Kier alpha value is -2.35. The van der Waals surface area contributed by atoms with Gasteiger partial charge in [-0.2, -0.15) is 4.98 Å². The molecule has 2 aromatic rings. The van der Waals surface area contributed by atoms with Gasteiger partial charge in [0.05, 0.1) is 17.5 Å². The molecule has 0 unspecified atom stereocenters. The van der Waals surface area contributed by atoms with E-state index in [9.17, 15) is 4.79 Å². The summed E-state index contributed by atoms with van der Waals surface area (Å²) in [7, 11) is 0. The van der Waals surface area contributed by atoms with Crippen LogP contribution in [0.3, 0.4) is 0 Å². The summed E-state index contributed by atoms with van der Waals surface area (Å²) in [6.07, 6.45) is 6.47. The van der Waals surface area contributed by atoms with Gasteiger partial charge in [-0.25, -0.2) is 4.98 Å². The van der Waals surface area contributed by atoms with Gasteiger partial charge in [0.1, 0.15) is 11.8 Å². The maximum atomic E-state index is 12.6. The number of carbonyl (C=O) groups is 1. The molecule has 0 saturated carbocycles. The Morgan fingerprint density at radius 1 is 1.20 bits per heavy atom. The first-order chi connectivity index (χ1) is 12.0. The molecule has 0 N–H and O–H groups in total. The van der Waals surface area contributed by atoms with Crippen LogP contribution in [0.4, 0.5) is 0 Å². The first-order valence-electron chi connectivity index (χ1n) is 8.61. The summed E-state index contributed by atoms with van der Waals surface area (Å²) in [5.41, 5.74) is 1.01. The van der Waals surface area contributed by atoms with Crippen LogP contribution < -0.4 is 0 Å². The summed E-state index contributed by atoms with van der Waals surface area (Å²) in [4.78, 5) is 27.0. The highest BCUT2D eigenvalue weighted by molar-refractivity contribution is 5.92. The molecule has 0 aromatic carbocycles. The van der Waals surface area contributed by atoms with E-state index in [1.54, 1.807) is 19.3 Å². The highest BCUT2D eigenvalue weighted by Gasteiger charge is 2.45. The van der Waals surface area contributed by atoms with Crippen molar-refractivity contribution in [3.05, 3.63) is 35.5 Å². The van der Waals surface area contributed by atoms with E-state index in [4.69, 9.17) is 9.26 Å². The Balaban J connectivity index is 1.38. The number of carbonyl (C=O) groups excluding carboxylic acids is 1. The van der Waals surface area contributed by atoms with Crippen LogP contribution in [0.2, 0.25) is 0 Å². The van der Waals surface area contributed by atoms with Crippen LogP contribution in [0.25, 0.3) is 0 Å². The molecule has 2 aliphatic heterocycles. The van der Waals surface area contributed by atoms with Crippen LogP contribution in [0.15, 0.2) is 16.9 Å². The fourth-order valence-electron chi connectivity index (χ4n) is 3.58. The Labute approximate surface area is 145 Å². The van der Waals surface area contributed by atoms with E-state index in [0.717, 1.165) is 31.4 Å². The second-order valence-electron chi connectivity index (χ2n) is 6.84. The molecule has 132 valence electrons. The van der Waals surface area contributed by atoms with E-state index in [-0.39, 0.29) is 17.6 Å². The summed E-state index contributed by atoms with van der Waals surface area (Å²) < 4.78 is 11.5. The predicted octanol–water partition coefficient (Wildman–Crippen LogP) is 2.00. The lowest BCUT2D eigenvalue weighted by Crippen LogP contribution is -2.46. The Morgan fingerprint density at radius 3 is 2.64 bits per heavy atom. The topological polar surface area (TPSA) is 94.2 Å². The average Bonchev–Trinajstić information content (AvgIpc) is 3.23. The van der Waals surface area contributed by atoms with Gasteiger partial charge in [0, 0.05) is 19.3 Å². The van der Waals surface area contributed by atoms with Gasteiger partial charge in [-0.05, 0) is 39.5 Å². The second kappa shape index (κ2) is 6.18. The van der Waals surface area contributed by atoms with E-state index in [0.29, 0.717) is 30.5 Å². The Morgan fingerprint density at radius 2 is 2.00 bits per heavy atom. The van der Waals surface area contributed by atoms with Crippen LogP contribution >= 0.6 is 0 Å². The van der Waals surface area contributed by atoms with Gasteiger partial charge < -0.3 is 14.2 Å². The van der Waals surface area contributed by atoms with Crippen molar-refractivity contribution < 1.29 is 14.1 Å². The smallest absolute Gasteiger partial charge is 0.274 e. The van der Waals surface area contributed by atoms with Crippen LogP contribution in [0.1, 0.15) is 59.7 Å². The van der Waals surface area contributed by atoms with Crippen molar-refractivity contribution in [2.24, 2.45) is 0 Å². The molecule has 2 aromatic heterocycles. The summed E-state index contributed by atoms with van der Waals surface area (Å²) in [6, 6.07) is 0. The Bertz CT molecular complexity index is 765. The zero-order valence-corrected chi connectivity index (χ0v) is 14.4. The third-order valence-electron chi connectivity index (χ3n) is 5.04. The van der Waals surface area contributed by atoms with E-state index in [1.807, 2.05) is 11.8 Å². The molecule has 2 aliphatic rings. The Kier molecular flexibility index (Phi) is 3.99. The third kappa shape index (κ3) is 3.13. The van der Waals surface area contributed by atoms with Gasteiger partial charge in [0.2, 0.25) is 0 Å². The minimum absolute atomic E-state index is 0.0653. The van der Waals surface area contributed by atoms with Crippen LogP contribution in [0, 0.1) is 13.8 Å². The number of hydrogen-bond donors (Lipinski definition) is 0. The number of likely N-dealkylation sites (tertiary alicyclic amines) is 1. The molecule has 4 heterocycles. The molecular weight excluding hydrogens is 322 g/mol. The quantitative estimate of drug-likeness (QED) is 0.823. The lowest BCUT2D eigenvalue weighted by Gasteiger charge is -2.38. The molecule has 0 bridgehead atoms. The van der Waals surface area contributed by atoms with Crippen molar-refractivity contribution in [2.45, 2.75) is 51.2 Å². The summed E-state index contributed by atoms with van der Waals surface area (Å²) >= 11 is 0. The maximum absolute atomic E-state index is 12.6. The van der Waals surface area contributed by atoms with Crippen LogP contribution in [-0.4, -0.2) is 49.6 Å². The molecule has 25 heavy (non-hydrogen) atoms. The molecule has 8 nitrogen and oxygen atoms in total. The van der Waals surface area contributed by atoms with Crippen molar-refractivity contribution in [3.8, 4) is 0 Å². The van der Waals surface area contributed by atoms with E-state index in [2.05, 4.69) is 20.1 Å². The third-order valence-corrected chi connectivity index (χ3v) is 5.04. The molecule has 1 amide bonds. The SMILES string of the molecule is Cc1cnc(C(=O)N2CCC3(CC[C@@H](c4nc(C)no4)O3)CC2)cn1. The van der Waals surface area contributed by atoms with Crippen molar-refractivity contribution >= 4 is 5.91 Å². The van der Waals surface area contributed by atoms with Gasteiger partial charge in [0.15, 0.2) is 5.82 Å². The summed E-state index contributed by atoms with van der Waals surface area (Å²) in [6.45, 7) is 4.97. The monoisotopic (exact) mass is 343 g/mol. The minimum Gasteiger partial charge on any atom is -0.362 e. The fraction of sp³-hybridized carbons (Fsp3) is 0.588. The van der Waals surface area contributed by atoms with Crippen molar-refractivity contribution in [2.75, 3.05) is 13.1 Å². The fourth-order valence-corrected chi connectivity index (χ4v) is 3.58.